The van der Waals surface area contributed by atoms with Crippen LogP contribution in [0.25, 0.3) is 0 Å². The van der Waals surface area contributed by atoms with E-state index in [2.05, 4.69) is 0 Å². The molecule has 0 bridgehead atoms. The Kier molecular flexibility index (Phi) is 4.13. The maximum Gasteiger partial charge on any atom is 0.129 e. The molecule has 0 aliphatic heterocycles. The van der Waals surface area contributed by atoms with Gasteiger partial charge in [-0.2, -0.15) is 0 Å². The fourth-order valence-electron chi connectivity index (χ4n) is 1.69. The summed E-state index contributed by atoms with van der Waals surface area (Å²) in [7, 11) is 0. The van der Waals surface area contributed by atoms with Gasteiger partial charge < -0.3 is 5.73 Å². The van der Waals surface area contributed by atoms with Crippen molar-refractivity contribution in [3.63, 3.8) is 0 Å². The van der Waals surface area contributed by atoms with Gasteiger partial charge in [0.1, 0.15) is 5.82 Å². The first-order valence-corrected chi connectivity index (χ1v) is 6.27. The number of benzene rings is 2. The van der Waals surface area contributed by atoms with Gasteiger partial charge >= 0.3 is 0 Å². The molecule has 0 aromatic heterocycles. The highest BCUT2D eigenvalue weighted by molar-refractivity contribution is 6.34. The van der Waals surface area contributed by atoms with Crippen LogP contribution in [-0.2, 0) is 0 Å². The molecule has 2 aromatic carbocycles. The summed E-state index contributed by atoms with van der Waals surface area (Å²) < 4.78 is 13.8. The number of rotatable bonds is 2. The normalized spacial score (nSPS) is 12.5. The molecular weight excluding hydrogens is 296 g/mol. The number of hydrogen-bond donors (Lipinski definition) is 1. The summed E-state index contributed by atoms with van der Waals surface area (Å²) in [5.74, 6) is -0.453. The molecule has 1 unspecified atom stereocenters. The predicted molar refractivity (Wildman–Crippen MR) is 73.9 cm³/mol. The van der Waals surface area contributed by atoms with Crippen LogP contribution in [0.3, 0.4) is 0 Å². The van der Waals surface area contributed by atoms with Crippen LogP contribution in [0.1, 0.15) is 17.2 Å². The Bertz CT molecular complexity index is 566. The van der Waals surface area contributed by atoms with Gasteiger partial charge in [0.2, 0.25) is 0 Å². The van der Waals surface area contributed by atoms with E-state index in [9.17, 15) is 4.39 Å². The smallest absolute Gasteiger partial charge is 0.129 e. The fourth-order valence-corrected chi connectivity index (χ4v) is 2.39. The van der Waals surface area contributed by atoms with Gasteiger partial charge in [0.25, 0.3) is 0 Å². The van der Waals surface area contributed by atoms with Gasteiger partial charge in [-0.25, -0.2) is 4.39 Å². The molecule has 0 radical (unpaired) electrons. The van der Waals surface area contributed by atoms with Crippen LogP contribution >= 0.6 is 34.8 Å². The minimum absolute atomic E-state index is 0.326. The molecule has 2 aromatic rings. The lowest BCUT2D eigenvalue weighted by atomic mass is 9.99. The zero-order chi connectivity index (χ0) is 13.3. The monoisotopic (exact) mass is 303 g/mol. The second-order valence-corrected chi connectivity index (χ2v) is 5.16. The van der Waals surface area contributed by atoms with E-state index >= 15 is 0 Å². The average molecular weight is 305 g/mol. The Morgan fingerprint density at radius 1 is 0.889 bits per heavy atom. The molecule has 0 amide bonds. The van der Waals surface area contributed by atoms with Crippen molar-refractivity contribution in [2.24, 2.45) is 5.73 Å². The summed E-state index contributed by atoms with van der Waals surface area (Å²) in [5.41, 5.74) is 7.00. The van der Waals surface area contributed by atoms with Crippen molar-refractivity contribution in [3.8, 4) is 0 Å². The second-order valence-electron chi connectivity index (χ2n) is 3.85. The lowest BCUT2D eigenvalue weighted by Crippen LogP contribution is -2.13. The summed E-state index contributed by atoms with van der Waals surface area (Å²) in [4.78, 5) is 0. The summed E-state index contributed by atoms with van der Waals surface area (Å²) in [6, 6.07) is 8.64. The third-order valence-corrected chi connectivity index (χ3v) is 3.21. The van der Waals surface area contributed by atoms with E-state index in [1.165, 1.54) is 6.07 Å². The lowest BCUT2D eigenvalue weighted by Gasteiger charge is -2.14. The van der Waals surface area contributed by atoms with E-state index in [0.29, 0.717) is 26.2 Å². The molecule has 5 heteroatoms. The quantitative estimate of drug-likeness (QED) is 0.844. The molecule has 0 aliphatic rings. The standard InChI is InChI=1S/C13H9Cl3FN/c14-8-1-2-11(12(17)6-8)13(18)7-3-9(15)5-10(16)4-7/h1-6,13H,18H2. The Labute approximate surface area is 119 Å². The molecule has 0 aliphatic carbocycles. The van der Waals surface area contributed by atoms with Crippen LogP contribution in [0.5, 0.6) is 0 Å². The maximum atomic E-state index is 13.8. The predicted octanol–water partition coefficient (Wildman–Crippen LogP) is 4.83. The van der Waals surface area contributed by atoms with Crippen molar-refractivity contribution in [3.05, 3.63) is 68.4 Å². The van der Waals surface area contributed by atoms with Crippen molar-refractivity contribution in [1.29, 1.82) is 0 Å². The molecule has 0 spiro atoms. The summed E-state index contributed by atoms with van der Waals surface area (Å²) in [6.07, 6.45) is 0. The molecule has 0 heterocycles. The van der Waals surface area contributed by atoms with Gasteiger partial charge in [0, 0.05) is 20.6 Å². The van der Waals surface area contributed by atoms with Gasteiger partial charge in [-0.3, -0.25) is 0 Å². The molecule has 2 N–H and O–H groups in total. The molecule has 18 heavy (non-hydrogen) atoms. The Hall–Kier alpha value is -0.800. The first-order chi connectivity index (χ1) is 8.47. The van der Waals surface area contributed by atoms with Gasteiger partial charge in [-0.1, -0.05) is 40.9 Å². The van der Waals surface area contributed by atoms with E-state index in [1.807, 2.05) is 0 Å². The molecule has 0 saturated carbocycles. The number of nitrogens with two attached hydrogens (primary N) is 1. The van der Waals surface area contributed by atoms with E-state index < -0.39 is 11.9 Å². The summed E-state index contributed by atoms with van der Waals surface area (Å²) >= 11 is 17.5. The minimum atomic E-state index is -0.640. The first-order valence-electron chi connectivity index (χ1n) is 5.14. The third kappa shape index (κ3) is 2.96. The highest BCUT2D eigenvalue weighted by Gasteiger charge is 2.15. The second kappa shape index (κ2) is 5.45. The highest BCUT2D eigenvalue weighted by atomic mass is 35.5. The molecule has 94 valence electrons. The van der Waals surface area contributed by atoms with Crippen LogP contribution in [0.4, 0.5) is 4.39 Å². The Morgan fingerprint density at radius 2 is 1.50 bits per heavy atom. The summed E-state index contributed by atoms with van der Waals surface area (Å²) in [5, 5.41) is 1.25. The van der Waals surface area contributed by atoms with E-state index in [4.69, 9.17) is 40.5 Å². The lowest BCUT2D eigenvalue weighted by molar-refractivity contribution is 0.600. The van der Waals surface area contributed by atoms with E-state index in [-0.39, 0.29) is 0 Å². The van der Waals surface area contributed by atoms with Crippen molar-refractivity contribution >= 4 is 34.8 Å². The highest BCUT2D eigenvalue weighted by Crippen LogP contribution is 2.28. The van der Waals surface area contributed by atoms with Gasteiger partial charge in [0.05, 0.1) is 6.04 Å². The molecular formula is C13H9Cl3FN. The van der Waals surface area contributed by atoms with Crippen LogP contribution in [0, 0.1) is 5.82 Å². The minimum Gasteiger partial charge on any atom is -0.320 e. The van der Waals surface area contributed by atoms with Crippen molar-refractivity contribution in [2.75, 3.05) is 0 Å². The Balaban J connectivity index is 2.44. The zero-order valence-corrected chi connectivity index (χ0v) is 11.4. The van der Waals surface area contributed by atoms with Crippen molar-refractivity contribution in [2.45, 2.75) is 6.04 Å². The fraction of sp³-hybridized carbons (Fsp3) is 0.0769. The van der Waals surface area contributed by atoms with Gasteiger partial charge in [-0.05, 0) is 35.9 Å². The topological polar surface area (TPSA) is 26.0 Å². The van der Waals surface area contributed by atoms with Gasteiger partial charge in [0.15, 0.2) is 0 Å². The SMILES string of the molecule is NC(c1cc(Cl)cc(Cl)c1)c1ccc(Cl)cc1F. The van der Waals surface area contributed by atoms with Crippen LogP contribution < -0.4 is 5.73 Å². The number of hydrogen-bond acceptors (Lipinski definition) is 1. The van der Waals surface area contributed by atoms with Gasteiger partial charge in [-0.15, -0.1) is 0 Å². The van der Waals surface area contributed by atoms with E-state index in [0.717, 1.165) is 0 Å². The third-order valence-electron chi connectivity index (χ3n) is 2.54. The molecule has 0 saturated heterocycles. The first kappa shape index (κ1) is 13.6. The molecule has 2 rings (SSSR count). The van der Waals surface area contributed by atoms with Crippen molar-refractivity contribution in [1.82, 2.24) is 0 Å². The average Bonchev–Trinajstić information content (AvgIpc) is 2.26. The number of halogens is 4. The molecule has 1 nitrogen and oxygen atoms in total. The molecule has 0 fully saturated rings. The maximum absolute atomic E-state index is 13.8. The zero-order valence-electron chi connectivity index (χ0n) is 9.13. The van der Waals surface area contributed by atoms with Crippen LogP contribution in [-0.4, -0.2) is 0 Å². The van der Waals surface area contributed by atoms with Crippen LogP contribution in [0.2, 0.25) is 15.1 Å². The largest absolute Gasteiger partial charge is 0.320 e. The summed E-state index contributed by atoms with van der Waals surface area (Å²) in [6.45, 7) is 0. The molecule has 1 atom stereocenters. The van der Waals surface area contributed by atoms with E-state index in [1.54, 1.807) is 30.3 Å². The Morgan fingerprint density at radius 3 is 2.06 bits per heavy atom. The van der Waals surface area contributed by atoms with Crippen LogP contribution in [0.15, 0.2) is 36.4 Å². The van der Waals surface area contributed by atoms with Crippen molar-refractivity contribution < 1.29 is 4.39 Å².